The van der Waals surface area contributed by atoms with Gasteiger partial charge in [-0.15, -0.1) is 0 Å². The molecule has 22 heavy (non-hydrogen) atoms. The molecule has 2 aromatic rings. The molecule has 0 aliphatic heterocycles. The first-order valence-corrected chi connectivity index (χ1v) is 8.52. The van der Waals surface area contributed by atoms with Gasteiger partial charge in [0.15, 0.2) is 11.5 Å². The Kier molecular flexibility index (Phi) is 4.11. The van der Waals surface area contributed by atoms with Crippen LogP contribution in [0.2, 0.25) is 0 Å². The van der Waals surface area contributed by atoms with Crippen LogP contribution in [0.4, 0.5) is 0 Å². The number of phenols is 1. The van der Waals surface area contributed by atoms with Crippen molar-refractivity contribution in [2.45, 2.75) is 9.79 Å². The van der Waals surface area contributed by atoms with Gasteiger partial charge in [-0.25, -0.2) is 0 Å². The molecule has 0 aliphatic carbocycles. The van der Waals surface area contributed by atoms with E-state index in [9.17, 15) is 21.9 Å². The molecule has 0 atom stereocenters. The van der Waals surface area contributed by atoms with Gasteiger partial charge >= 0.3 is 0 Å². The zero-order chi connectivity index (χ0) is 16.5. The minimum atomic E-state index is -4.63. The summed E-state index contributed by atoms with van der Waals surface area (Å²) in [5, 5.41) is 9.66. The Bertz CT molecular complexity index is 899. The average molecular weight is 346 g/mol. The molecule has 0 unspecified atom stereocenters. The van der Waals surface area contributed by atoms with Crippen LogP contribution in [0, 0.1) is 0 Å². The van der Waals surface area contributed by atoms with Crippen molar-refractivity contribution in [2.75, 3.05) is 0 Å². The van der Waals surface area contributed by atoms with E-state index in [1.807, 2.05) is 0 Å². The maximum absolute atomic E-state index is 11.2. The highest BCUT2D eigenvalue weighted by Gasteiger charge is 2.20. The van der Waals surface area contributed by atoms with Gasteiger partial charge < -0.3 is 9.84 Å². The Balaban J connectivity index is 2.44. The number of ether oxygens (including phenoxy) is 1. The van der Waals surface area contributed by atoms with E-state index in [4.69, 9.17) is 13.8 Å². The van der Waals surface area contributed by atoms with Gasteiger partial charge in [0.25, 0.3) is 20.2 Å². The first-order chi connectivity index (χ1) is 10.1. The van der Waals surface area contributed by atoms with Crippen LogP contribution in [0.1, 0.15) is 0 Å². The number of hydrogen-bond acceptors (Lipinski definition) is 6. The molecule has 2 rings (SSSR count). The highest BCUT2D eigenvalue weighted by atomic mass is 32.2. The van der Waals surface area contributed by atoms with Crippen molar-refractivity contribution in [3.8, 4) is 17.2 Å². The van der Waals surface area contributed by atoms with E-state index in [0.29, 0.717) is 0 Å². The van der Waals surface area contributed by atoms with Gasteiger partial charge in [-0.1, -0.05) is 6.07 Å². The van der Waals surface area contributed by atoms with Gasteiger partial charge in [0.05, 0.1) is 4.90 Å². The number of benzene rings is 2. The highest BCUT2D eigenvalue weighted by Crippen LogP contribution is 2.36. The lowest BCUT2D eigenvalue weighted by atomic mass is 10.3. The van der Waals surface area contributed by atoms with E-state index >= 15 is 0 Å². The molecule has 0 bridgehead atoms. The van der Waals surface area contributed by atoms with Gasteiger partial charge in [-0.05, 0) is 36.4 Å². The summed E-state index contributed by atoms with van der Waals surface area (Å²) in [5.74, 6) is -1.06. The van der Waals surface area contributed by atoms with E-state index in [1.165, 1.54) is 6.07 Å². The van der Waals surface area contributed by atoms with Crippen molar-refractivity contribution >= 4 is 20.2 Å². The number of para-hydroxylation sites is 1. The van der Waals surface area contributed by atoms with Crippen molar-refractivity contribution in [1.82, 2.24) is 0 Å². The standard InChI is InChI=1S/C12H10O8S2/c13-10-2-1-3-11(22(17,18)19)12(10)20-8-4-6-9(7-5-8)21(14,15)16/h1-7,13H,(H,14,15,16)(H,17,18,19). The maximum atomic E-state index is 11.2. The lowest BCUT2D eigenvalue weighted by molar-refractivity contribution is 0.397. The van der Waals surface area contributed by atoms with Gasteiger partial charge in [0.2, 0.25) is 0 Å². The normalized spacial score (nSPS) is 12.1. The molecule has 3 N–H and O–H groups in total. The van der Waals surface area contributed by atoms with Crippen LogP contribution < -0.4 is 4.74 Å². The molecule has 0 heterocycles. The van der Waals surface area contributed by atoms with Crippen LogP contribution >= 0.6 is 0 Å². The zero-order valence-corrected chi connectivity index (χ0v) is 12.4. The molecule has 0 aromatic heterocycles. The van der Waals surface area contributed by atoms with Crippen LogP contribution in [0.3, 0.4) is 0 Å². The summed E-state index contributed by atoms with van der Waals surface area (Å²) in [5.41, 5.74) is 0. The van der Waals surface area contributed by atoms with Gasteiger partial charge in [0, 0.05) is 0 Å². The molecule has 8 nitrogen and oxygen atoms in total. The highest BCUT2D eigenvalue weighted by molar-refractivity contribution is 7.86. The summed E-state index contributed by atoms with van der Waals surface area (Å²) in [6.45, 7) is 0. The number of aromatic hydroxyl groups is 1. The Morgan fingerprint density at radius 3 is 1.91 bits per heavy atom. The van der Waals surface area contributed by atoms with Crippen LogP contribution in [0.25, 0.3) is 0 Å². The topological polar surface area (TPSA) is 138 Å². The summed E-state index contributed by atoms with van der Waals surface area (Å²) in [6.07, 6.45) is 0. The third kappa shape index (κ3) is 3.54. The fraction of sp³-hybridized carbons (Fsp3) is 0. The van der Waals surface area contributed by atoms with Crippen LogP contribution in [0.5, 0.6) is 17.2 Å². The van der Waals surface area contributed by atoms with Crippen LogP contribution in [-0.2, 0) is 20.2 Å². The minimum Gasteiger partial charge on any atom is -0.504 e. The van der Waals surface area contributed by atoms with Crippen molar-refractivity contribution in [3.63, 3.8) is 0 Å². The fourth-order valence-corrected chi connectivity index (χ4v) is 2.72. The van der Waals surface area contributed by atoms with Gasteiger partial charge in [-0.3, -0.25) is 9.11 Å². The lowest BCUT2D eigenvalue weighted by Crippen LogP contribution is -2.01. The number of rotatable bonds is 4. The first kappa shape index (κ1) is 16.2. The number of hydrogen-bond donors (Lipinski definition) is 3. The monoisotopic (exact) mass is 346 g/mol. The third-order valence-electron chi connectivity index (χ3n) is 2.58. The van der Waals surface area contributed by atoms with Gasteiger partial charge in [0.1, 0.15) is 10.6 Å². The summed E-state index contributed by atoms with van der Waals surface area (Å²) < 4.78 is 67.4. The Hall–Kier alpha value is -2.14. The quantitative estimate of drug-likeness (QED) is 0.711. The summed E-state index contributed by atoms with van der Waals surface area (Å²) in [7, 11) is -9.00. The molecular formula is C12H10O8S2. The molecule has 10 heteroatoms. The molecule has 2 aromatic carbocycles. The molecule has 0 fully saturated rings. The van der Waals surface area contributed by atoms with E-state index in [0.717, 1.165) is 36.4 Å². The van der Waals surface area contributed by atoms with E-state index < -0.39 is 36.6 Å². The van der Waals surface area contributed by atoms with E-state index in [1.54, 1.807) is 0 Å². The predicted octanol–water partition coefficient (Wildman–Crippen LogP) is 1.68. The summed E-state index contributed by atoms with van der Waals surface area (Å²) >= 11 is 0. The zero-order valence-electron chi connectivity index (χ0n) is 10.7. The minimum absolute atomic E-state index is 0.0150. The lowest BCUT2D eigenvalue weighted by Gasteiger charge is -2.11. The molecule has 118 valence electrons. The molecule has 0 saturated carbocycles. The Morgan fingerprint density at radius 1 is 0.818 bits per heavy atom. The van der Waals surface area contributed by atoms with E-state index in [-0.39, 0.29) is 10.6 Å². The molecular weight excluding hydrogens is 336 g/mol. The second-order valence-corrected chi connectivity index (χ2v) is 6.94. The molecule has 0 radical (unpaired) electrons. The van der Waals surface area contributed by atoms with Crippen molar-refractivity contribution < 1.29 is 35.8 Å². The van der Waals surface area contributed by atoms with Crippen molar-refractivity contribution in [3.05, 3.63) is 42.5 Å². The molecule has 0 spiro atoms. The van der Waals surface area contributed by atoms with Crippen molar-refractivity contribution in [1.29, 1.82) is 0 Å². The molecule has 0 aliphatic rings. The summed E-state index contributed by atoms with van der Waals surface area (Å²) in [4.78, 5) is -1.03. The van der Waals surface area contributed by atoms with Gasteiger partial charge in [-0.2, -0.15) is 16.8 Å². The second kappa shape index (κ2) is 5.57. The molecule has 0 saturated heterocycles. The Labute approximate surface area is 126 Å². The van der Waals surface area contributed by atoms with Crippen LogP contribution in [-0.4, -0.2) is 31.0 Å². The summed E-state index contributed by atoms with van der Waals surface area (Å²) in [6, 6.07) is 7.71. The van der Waals surface area contributed by atoms with Crippen molar-refractivity contribution in [2.24, 2.45) is 0 Å². The number of phenolic OH excluding ortho intramolecular Hbond substituents is 1. The van der Waals surface area contributed by atoms with E-state index in [2.05, 4.69) is 0 Å². The molecule has 0 amide bonds. The maximum Gasteiger partial charge on any atom is 0.298 e. The average Bonchev–Trinajstić information content (AvgIpc) is 2.39. The largest absolute Gasteiger partial charge is 0.504 e. The SMILES string of the molecule is O=S(=O)(O)c1ccc(Oc2c(O)cccc2S(=O)(=O)O)cc1. The second-order valence-electron chi connectivity index (χ2n) is 4.13. The Morgan fingerprint density at radius 2 is 1.41 bits per heavy atom. The first-order valence-electron chi connectivity index (χ1n) is 5.64. The predicted molar refractivity (Wildman–Crippen MR) is 74.3 cm³/mol. The van der Waals surface area contributed by atoms with Crippen LogP contribution in [0.15, 0.2) is 52.3 Å². The smallest absolute Gasteiger partial charge is 0.298 e. The fourth-order valence-electron chi connectivity index (χ4n) is 1.61. The third-order valence-corrected chi connectivity index (χ3v) is 4.32.